The standard InChI is InChI=1S/C14H20O2/c1-10(2)14-15-8-12(9-16-14)13-7-5-4-6-11(13)3/h4-7,10,12,14H,8-9H2,1-3H3. The van der Waals surface area contributed by atoms with Gasteiger partial charge in [-0.05, 0) is 18.1 Å². The number of rotatable bonds is 2. The lowest BCUT2D eigenvalue weighted by Crippen LogP contribution is -2.34. The Morgan fingerprint density at radius 3 is 2.31 bits per heavy atom. The molecule has 0 N–H and O–H groups in total. The summed E-state index contributed by atoms with van der Waals surface area (Å²) in [5, 5.41) is 0. The Kier molecular flexibility index (Phi) is 3.62. The van der Waals surface area contributed by atoms with E-state index in [1.54, 1.807) is 0 Å². The molecule has 1 aliphatic heterocycles. The van der Waals surface area contributed by atoms with Crippen LogP contribution in [0.2, 0.25) is 0 Å². The van der Waals surface area contributed by atoms with Crippen molar-refractivity contribution < 1.29 is 9.47 Å². The second kappa shape index (κ2) is 4.98. The van der Waals surface area contributed by atoms with Crippen LogP contribution in [0.4, 0.5) is 0 Å². The lowest BCUT2D eigenvalue weighted by Gasteiger charge is -2.32. The number of ether oxygens (including phenoxy) is 2. The molecule has 2 heteroatoms. The molecule has 1 aromatic rings. The van der Waals surface area contributed by atoms with Gasteiger partial charge >= 0.3 is 0 Å². The Labute approximate surface area is 97.6 Å². The first-order chi connectivity index (χ1) is 7.68. The van der Waals surface area contributed by atoms with Crippen molar-refractivity contribution in [3.05, 3.63) is 35.4 Å². The molecule has 1 aliphatic rings. The van der Waals surface area contributed by atoms with E-state index in [9.17, 15) is 0 Å². The van der Waals surface area contributed by atoms with E-state index in [4.69, 9.17) is 9.47 Å². The van der Waals surface area contributed by atoms with Crippen molar-refractivity contribution >= 4 is 0 Å². The van der Waals surface area contributed by atoms with Crippen molar-refractivity contribution in [3.63, 3.8) is 0 Å². The molecule has 0 unspecified atom stereocenters. The van der Waals surface area contributed by atoms with Crippen molar-refractivity contribution in [3.8, 4) is 0 Å². The van der Waals surface area contributed by atoms with Gasteiger partial charge in [0.15, 0.2) is 6.29 Å². The minimum atomic E-state index is -0.0275. The van der Waals surface area contributed by atoms with E-state index in [1.807, 2.05) is 0 Å². The van der Waals surface area contributed by atoms with Crippen molar-refractivity contribution in [2.24, 2.45) is 5.92 Å². The Morgan fingerprint density at radius 2 is 1.75 bits per heavy atom. The molecule has 0 spiro atoms. The van der Waals surface area contributed by atoms with Crippen molar-refractivity contribution in [1.82, 2.24) is 0 Å². The van der Waals surface area contributed by atoms with Gasteiger partial charge in [0, 0.05) is 11.8 Å². The molecule has 0 aliphatic carbocycles. The molecular formula is C14H20O2. The third-order valence-corrected chi connectivity index (χ3v) is 3.10. The zero-order valence-electron chi connectivity index (χ0n) is 10.3. The minimum absolute atomic E-state index is 0.0275. The van der Waals surface area contributed by atoms with Crippen LogP contribution in [0.3, 0.4) is 0 Å². The van der Waals surface area contributed by atoms with Gasteiger partial charge in [0.1, 0.15) is 0 Å². The van der Waals surface area contributed by atoms with Crippen LogP contribution in [0.15, 0.2) is 24.3 Å². The summed E-state index contributed by atoms with van der Waals surface area (Å²) in [6.45, 7) is 7.93. The molecular weight excluding hydrogens is 200 g/mol. The highest BCUT2D eigenvalue weighted by Crippen LogP contribution is 2.26. The Morgan fingerprint density at radius 1 is 1.12 bits per heavy atom. The smallest absolute Gasteiger partial charge is 0.159 e. The third-order valence-electron chi connectivity index (χ3n) is 3.10. The summed E-state index contributed by atoms with van der Waals surface area (Å²) in [5.74, 6) is 0.814. The van der Waals surface area contributed by atoms with Gasteiger partial charge < -0.3 is 9.47 Å². The summed E-state index contributed by atoms with van der Waals surface area (Å²) in [5.41, 5.74) is 2.67. The van der Waals surface area contributed by atoms with Crippen molar-refractivity contribution in [2.75, 3.05) is 13.2 Å². The summed E-state index contributed by atoms with van der Waals surface area (Å²) < 4.78 is 11.5. The maximum atomic E-state index is 5.74. The lowest BCUT2D eigenvalue weighted by molar-refractivity contribution is -0.206. The Hall–Kier alpha value is -0.860. The SMILES string of the molecule is Cc1ccccc1C1COC(C(C)C)OC1. The molecule has 0 amide bonds. The van der Waals surface area contributed by atoms with Crippen LogP contribution in [0.25, 0.3) is 0 Å². The highest BCUT2D eigenvalue weighted by molar-refractivity contribution is 5.29. The average Bonchev–Trinajstić information content (AvgIpc) is 2.30. The van der Waals surface area contributed by atoms with Gasteiger partial charge in [0.25, 0.3) is 0 Å². The van der Waals surface area contributed by atoms with E-state index >= 15 is 0 Å². The van der Waals surface area contributed by atoms with E-state index in [2.05, 4.69) is 45.0 Å². The van der Waals surface area contributed by atoms with E-state index < -0.39 is 0 Å². The van der Waals surface area contributed by atoms with Gasteiger partial charge in [-0.25, -0.2) is 0 Å². The summed E-state index contributed by atoms with van der Waals surface area (Å²) >= 11 is 0. The summed E-state index contributed by atoms with van der Waals surface area (Å²) in [7, 11) is 0. The number of benzene rings is 1. The molecule has 1 heterocycles. The number of hydrogen-bond donors (Lipinski definition) is 0. The summed E-state index contributed by atoms with van der Waals surface area (Å²) in [4.78, 5) is 0. The first-order valence-electron chi connectivity index (χ1n) is 5.97. The monoisotopic (exact) mass is 220 g/mol. The van der Waals surface area contributed by atoms with Crippen LogP contribution in [0.5, 0.6) is 0 Å². The second-order valence-electron chi connectivity index (χ2n) is 4.83. The fraction of sp³-hybridized carbons (Fsp3) is 0.571. The van der Waals surface area contributed by atoms with Crippen LogP contribution in [0.1, 0.15) is 30.9 Å². The molecule has 88 valence electrons. The van der Waals surface area contributed by atoms with Gasteiger partial charge in [0.2, 0.25) is 0 Å². The topological polar surface area (TPSA) is 18.5 Å². The fourth-order valence-corrected chi connectivity index (χ4v) is 2.13. The highest BCUT2D eigenvalue weighted by Gasteiger charge is 2.25. The molecule has 0 radical (unpaired) electrons. The molecule has 0 atom stereocenters. The van der Waals surface area contributed by atoms with Gasteiger partial charge in [0.05, 0.1) is 13.2 Å². The first-order valence-corrected chi connectivity index (χ1v) is 5.97. The van der Waals surface area contributed by atoms with Gasteiger partial charge in [-0.3, -0.25) is 0 Å². The zero-order valence-corrected chi connectivity index (χ0v) is 10.3. The van der Waals surface area contributed by atoms with Gasteiger partial charge in [-0.1, -0.05) is 38.1 Å². The van der Waals surface area contributed by atoms with Crippen LogP contribution in [-0.2, 0) is 9.47 Å². The first kappa shape index (κ1) is 11.6. The van der Waals surface area contributed by atoms with Crippen molar-refractivity contribution in [2.45, 2.75) is 33.0 Å². The predicted octanol–water partition coefficient (Wildman–Crippen LogP) is 3.11. The highest BCUT2D eigenvalue weighted by atomic mass is 16.7. The van der Waals surface area contributed by atoms with Gasteiger partial charge in [-0.15, -0.1) is 0 Å². The average molecular weight is 220 g/mol. The van der Waals surface area contributed by atoms with E-state index in [0.717, 1.165) is 13.2 Å². The van der Waals surface area contributed by atoms with Gasteiger partial charge in [-0.2, -0.15) is 0 Å². The molecule has 2 rings (SSSR count). The normalized spacial score (nSPS) is 26.0. The van der Waals surface area contributed by atoms with Crippen molar-refractivity contribution in [1.29, 1.82) is 0 Å². The summed E-state index contributed by atoms with van der Waals surface area (Å²) in [6, 6.07) is 8.46. The zero-order chi connectivity index (χ0) is 11.5. The largest absolute Gasteiger partial charge is 0.352 e. The molecule has 1 aromatic carbocycles. The van der Waals surface area contributed by atoms with Crippen LogP contribution in [0, 0.1) is 12.8 Å². The second-order valence-corrected chi connectivity index (χ2v) is 4.83. The fourth-order valence-electron chi connectivity index (χ4n) is 2.13. The Balaban J connectivity index is 2.02. The molecule has 1 saturated heterocycles. The molecule has 0 aromatic heterocycles. The van der Waals surface area contributed by atoms with E-state index in [0.29, 0.717) is 11.8 Å². The molecule has 0 bridgehead atoms. The van der Waals surface area contributed by atoms with Crippen LogP contribution in [-0.4, -0.2) is 19.5 Å². The third kappa shape index (κ3) is 2.45. The number of hydrogen-bond acceptors (Lipinski definition) is 2. The maximum Gasteiger partial charge on any atom is 0.159 e. The Bertz CT molecular complexity index is 338. The predicted molar refractivity (Wildman–Crippen MR) is 64.5 cm³/mol. The molecule has 0 saturated carbocycles. The lowest BCUT2D eigenvalue weighted by atomic mass is 9.95. The summed E-state index contributed by atoms with van der Waals surface area (Å²) in [6.07, 6.45) is -0.0275. The maximum absolute atomic E-state index is 5.74. The van der Waals surface area contributed by atoms with E-state index in [-0.39, 0.29) is 6.29 Å². The molecule has 16 heavy (non-hydrogen) atoms. The quantitative estimate of drug-likeness (QED) is 0.762. The number of aryl methyl sites for hydroxylation is 1. The van der Waals surface area contributed by atoms with Crippen LogP contribution >= 0.6 is 0 Å². The molecule has 1 fully saturated rings. The minimum Gasteiger partial charge on any atom is -0.352 e. The van der Waals surface area contributed by atoms with Crippen LogP contribution < -0.4 is 0 Å². The molecule has 2 nitrogen and oxygen atoms in total. The van der Waals surface area contributed by atoms with E-state index in [1.165, 1.54) is 11.1 Å².